The highest BCUT2D eigenvalue weighted by atomic mass is 16.5. The van der Waals surface area contributed by atoms with Crippen molar-refractivity contribution in [2.24, 2.45) is 5.92 Å². The number of hydrogen-bond donors (Lipinski definition) is 0. The van der Waals surface area contributed by atoms with Crippen molar-refractivity contribution in [1.82, 2.24) is 14.7 Å². The molecule has 1 aromatic heterocycles. The van der Waals surface area contributed by atoms with Gasteiger partial charge < -0.3 is 9.64 Å². The zero-order valence-electron chi connectivity index (χ0n) is 13.0. The topological polar surface area (TPSA) is 64.4 Å². The predicted octanol–water partition coefficient (Wildman–Crippen LogP) is 1.63. The summed E-state index contributed by atoms with van der Waals surface area (Å²) >= 11 is 0. The smallest absolute Gasteiger partial charge is 0.309 e. The Balaban J connectivity index is 1.95. The molecule has 0 saturated carbocycles. The molecule has 6 heteroatoms. The lowest BCUT2D eigenvalue weighted by Gasteiger charge is -2.30. The molecular formula is C15H23N3O3. The number of esters is 1. The first-order valence-electron chi connectivity index (χ1n) is 7.57. The van der Waals surface area contributed by atoms with E-state index in [-0.39, 0.29) is 17.8 Å². The summed E-state index contributed by atoms with van der Waals surface area (Å²) < 4.78 is 6.86. The molecule has 1 amide bonds. The quantitative estimate of drug-likeness (QED) is 0.791. The van der Waals surface area contributed by atoms with Crippen LogP contribution >= 0.6 is 0 Å². The standard InChI is InChI=1S/C15H23N3O3/c1-4-18-11(3)10-13(16-18)14(19)17-8-6-12(7-9-17)15(20)21-5-2/h10,12H,4-9H2,1-3H3. The highest BCUT2D eigenvalue weighted by molar-refractivity contribution is 5.92. The highest BCUT2D eigenvalue weighted by Gasteiger charge is 2.29. The molecule has 21 heavy (non-hydrogen) atoms. The second kappa shape index (κ2) is 6.74. The molecule has 0 aliphatic carbocycles. The van der Waals surface area contributed by atoms with Gasteiger partial charge in [-0.3, -0.25) is 14.3 Å². The van der Waals surface area contributed by atoms with Gasteiger partial charge in [0.2, 0.25) is 0 Å². The molecular weight excluding hydrogens is 270 g/mol. The molecule has 0 aromatic carbocycles. The van der Waals surface area contributed by atoms with Gasteiger partial charge in [-0.2, -0.15) is 5.10 Å². The van der Waals surface area contributed by atoms with Crippen molar-refractivity contribution in [3.8, 4) is 0 Å². The van der Waals surface area contributed by atoms with Crippen molar-refractivity contribution >= 4 is 11.9 Å². The molecule has 2 heterocycles. The second-order valence-electron chi connectivity index (χ2n) is 5.31. The van der Waals surface area contributed by atoms with Gasteiger partial charge in [0.15, 0.2) is 5.69 Å². The number of amides is 1. The van der Waals surface area contributed by atoms with Crippen LogP contribution in [0.15, 0.2) is 6.07 Å². The average molecular weight is 293 g/mol. The average Bonchev–Trinajstić information content (AvgIpc) is 2.88. The number of piperidine rings is 1. The fourth-order valence-corrected chi connectivity index (χ4v) is 2.68. The molecule has 0 atom stereocenters. The summed E-state index contributed by atoms with van der Waals surface area (Å²) in [5.74, 6) is -0.271. The summed E-state index contributed by atoms with van der Waals surface area (Å²) in [5.41, 5.74) is 1.48. The van der Waals surface area contributed by atoms with Crippen LogP contribution in [0.3, 0.4) is 0 Å². The fourth-order valence-electron chi connectivity index (χ4n) is 2.68. The van der Waals surface area contributed by atoms with Gasteiger partial charge in [0.25, 0.3) is 5.91 Å². The minimum Gasteiger partial charge on any atom is -0.466 e. The lowest BCUT2D eigenvalue weighted by molar-refractivity contribution is -0.149. The second-order valence-corrected chi connectivity index (χ2v) is 5.31. The number of rotatable bonds is 4. The van der Waals surface area contributed by atoms with Crippen LogP contribution in [0.25, 0.3) is 0 Å². The summed E-state index contributed by atoms with van der Waals surface area (Å²) in [6.07, 6.45) is 1.33. The van der Waals surface area contributed by atoms with Crippen LogP contribution < -0.4 is 0 Å². The van der Waals surface area contributed by atoms with Crippen LogP contribution in [0.4, 0.5) is 0 Å². The maximum Gasteiger partial charge on any atom is 0.309 e. The zero-order valence-corrected chi connectivity index (χ0v) is 13.0. The molecule has 1 aliphatic rings. The first-order chi connectivity index (χ1) is 10.1. The van der Waals surface area contributed by atoms with Gasteiger partial charge in [-0.05, 0) is 39.7 Å². The molecule has 2 rings (SSSR count). The van der Waals surface area contributed by atoms with E-state index in [1.54, 1.807) is 4.90 Å². The van der Waals surface area contributed by atoms with Gasteiger partial charge in [0.05, 0.1) is 12.5 Å². The van der Waals surface area contributed by atoms with Gasteiger partial charge in [0, 0.05) is 25.3 Å². The van der Waals surface area contributed by atoms with Crippen molar-refractivity contribution in [1.29, 1.82) is 0 Å². The summed E-state index contributed by atoms with van der Waals surface area (Å²) in [6.45, 7) is 8.08. The Morgan fingerprint density at radius 2 is 2.00 bits per heavy atom. The fraction of sp³-hybridized carbons (Fsp3) is 0.667. The van der Waals surface area contributed by atoms with Crippen LogP contribution in [0.5, 0.6) is 0 Å². The maximum atomic E-state index is 12.4. The Labute approximate surface area is 125 Å². The van der Waals surface area contributed by atoms with Gasteiger partial charge in [-0.1, -0.05) is 0 Å². The number of nitrogens with zero attached hydrogens (tertiary/aromatic N) is 3. The van der Waals surface area contributed by atoms with Crippen LogP contribution in [0, 0.1) is 12.8 Å². The minimum absolute atomic E-state index is 0.0485. The molecule has 6 nitrogen and oxygen atoms in total. The summed E-state index contributed by atoms with van der Waals surface area (Å²) in [6, 6.07) is 1.82. The Morgan fingerprint density at radius 1 is 1.33 bits per heavy atom. The lowest BCUT2D eigenvalue weighted by atomic mass is 9.97. The first-order valence-corrected chi connectivity index (χ1v) is 7.57. The molecule has 0 bridgehead atoms. The number of hydrogen-bond acceptors (Lipinski definition) is 4. The van der Waals surface area contributed by atoms with E-state index in [9.17, 15) is 9.59 Å². The zero-order chi connectivity index (χ0) is 15.4. The molecule has 1 aromatic rings. The van der Waals surface area contributed by atoms with Crippen molar-refractivity contribution in [3.05, 3.63) is 17.5 Å². The summed E-state index contributed by atoms with van der Waals surface area (Å²) in [5, 5.41) is 4.32. The highest BCUT2D eigenvalue weighted by Crippen LogP contribution is 2.20. The number of ether oxygens (including phenoxy) is 1. The van der Waals surface area contributed by atoms with E-state index < -0.39 is 0 Å². The summed E-state index contributed by atoms with van der Waals surface area (Å²) in [4.78, 5) is 25.9. The van der Waals surface area contributed by atoms with Crippen LogP contribution in [-0.2, 0) is 16.1 Å². The normalized spacial score (nSPS) is 16.0. The number of likely N-dealkylation sites (tertiary alicyclic amines) is 1. The van der Waals surface area contributed by atoms with E-state index in [0.29, 0.717) is 38.2 Å². The third-order valence-corrected chi connectivity index (χ3v) is 3.90. The van der Waals surface area contributed by atoms with Crippen LogP contribution in [-0.4, -0.2) is 46.3 Å². The summed E-state index contributed by atoms with van der Waals surface area (Å²) in [7, 11) is 0. The van der Waals surface area contributed by atoms with Crippen molar-refractivity contribution < 1.29 is 14.3 Å². The molecule has 1 aliphatic heterocycles. The van der Waals surface area contributed by atoms with E-state index in [1.807, 2.05) is 31.5 Å². The molecule has 0 spiro atoms. The van der Waals surface area contributed by atoms with Gasteiger partial charge in [-0.15, -0.1) is 0 Å². The third-order valence-electron chi connectivity index (χ3n) is 3.90. The molecule has 116 valence electrons. The largest absolute Gasteiger partial charge is 0.466 e. The number of carbonyl (C=O) groups is 2. The maximum absolute atomic E-state index is 12.4. The van der Waals surface area contributed by atoms with Crippen LogP contribution in [0.1, 0.15) is 42.9 Å². The molecule has 0 N–H and O–H groups in total. The molecule has 1 saturated heterocycles. The number of aryl methyl sites for hydroxylation is 2. The third kappa shape index (κ3) is 3.43. The molecule has 0 unspecified atom stereocenters. The lowest BCUT2D eigenvalue weighted by Crippen LogP contribution is -2.40. The number of carbonyl (C=O) groups excluding carboxylic acids is 2. The van der Waals surface area contributed by atoms with Gasteiger partial charge in [0.1, 0.15) is 0 Å². The van der Waals surface area contributed by atoms with E-state index in [4.69, 9.17) is 4.74 Å². The number of aromatic nitrogens is 2. The van der Waals surface area contributed by atoms with E-state index in [1.165, 1.54) is 0 Å². The van der Waals surface area contributed by atoms with Crippen molar-refractivity contribution in [3.63, 3.8) is 0 Å². The Bertz CT molecular complexity index is 516. The minimum atomic E-state index is -0.143. The van der Waals surface area contributed by atoms with Crippen molar-refractivity contribution in [2.75, 3.05) is 19.7 Å². The van der Waals surface area contributed by atoms with Crippen LogP contribution in [0.2, 0.25) is 0 Å². The monoisotopic (exact) mass is 293 g/mol. The van der Waals surface area contributed by atoms with Gasteiger partial charge in [-0.25, -0.2) is 0 Å². The Morgan fingerprint density at radius 3 is 2.52 bits per heavy atom. The predicted molar refractivity (Wildman–Crippen MR) is 77.9 cm³/mol. The molecule has 1 fully saturated rings. The van der Waals surface area contributed by atoms with E-state index >= 15 is 0 Å². The SMILES string of the molecule is CCOC(=O)C1CCN(C(=O)c2cc(C)n(CC)n2)CC1. The Kier molecular flexibility index (Phi) is 4.98. The van der Waals surface area contributed by atoms with Crippen molar-refractivity contribution in [2.45, 2.75) is 40.2 Å². The van der Waals surface area contributed by atoms with Gasteiger partial charge >= 0.3 is 5.97 Å². The molecule has 0 radical (unpaired) electrons. The van der Waals surface area contributed by atoms with E-state index in [2.05, 4.69) is 5.10 Å². The van der Waals surface area contributed by atoms with E-state index in [0.717, 1.165) is 12.2 Å². The Hall–Kier alpha value is -1.85. The first kappa shape index (κ1) is 15.5.